The number of rotatable bonds is 4. The average Bonchev–Trinajstić information content (AvgIpc) is 2.18. The molecule has 1 aliphatic heterocycles. The first kappa shape index (κ1) is 11.4. The Hall–Kier alpha value is -0.120. The smallest absolute Gasteiger partial charge is 0.0604 e. The minimum atomic E-state index is 0.541. The van der Waals surface area contributed by atoms with E-state index in [9.17, 15) is 0 Å². The third-order valence-corrected chi connectivity index (χ3v) is 3.69. The first-order chi connectivity index (χ1) is 7.28. The second kappa shape index (κ2) is 5.28. The summed E-state index contributed by atoms with van der Waals surface area (Å²) in [5.74, 6) is 0. The van der Waals surface area contributed by atoms with Crippen molar-refractivity contribution >= 4 is 0 Å². The van der Waals surface area contributed by atoms with Gasteiger partial charge in [-0.05, 0) is 52.7 Å². The molecule has 0 atom stereocenters. The third kappa shape index (κ3) is 3.16. The highest BCUT2D eigenvalue weighted by molar-refractivity contribution is 4.89. The Balaban J connectivity index is 1.59. The predicted octanol–water partition coefficient (Wildman–Crippen LogP) is 1.24. The molecule has 0 radical (unpaired) electrons. The van der Waals surface area contributed by atoms with Gasteiger partial charge < -0.3 is 15.0 Å². The third-order valence-electron chi connectivity index (χ3n) is 3.69. The van der Waals surface area contributed by atoms with Crippen molar-refractivity contribution in [3.8, 4) is 0 Å². The van der Waals surface area contributed by atoms with Crippen molar-refractivity contribution in [1.29, 1.82) is 0 Å². The number of nitrogens with zero attached hydrogens (tertiary/aromatic N) is 1. The molecule has 2 fully saturated rings. The van der Waals surface area contributed by atoms with Gasteiger partial charge in [0.15, 0.2) is 0 Å². The summed E-state index contributed by atoms with van der Waals surface area (Å²) < 4.78 is 5.57. The Labute approximate surface area is 93.2 Å². The van der Waals surface area contributed by atoms with E-state index in [-0.39, 0.29) is 0 Å². The largest absolute Gasteiger partial charge is 0.378 e. The molecule has 0 aromatic carbocycles. The van der Waals surface area contributed by atoms with Crippen molar-refractivity contribution in [3.05, 3.63) is 0 Å². The average molecular weight is 212 g/mol. The zero-order valence-electron chi connectivity index (χ0n) is 10.0. The molecule has 3 heteroatoms. The van der Waals surface area contributed by atoms with E-state index in [1.807, 2.05) is 0 Å². The molecule has 1 saturated heterocycles. The van der Waals surface area contributed by atoms with Crippen LogP contribution in [-0.4, -0.2) is 49.8 Å². The molecule has 0 spiro atoms. The number of nitrogens with one attached hydrogen (secondary N) is 1. The van der Waals surface area contributed by atoms with Crippen LogP contribution in [0.1, 0.15) is 32.6 Å². The summed E-state index contributed by atoms with van der Waals surface area (Å²) in [4.78, 5) is 2.42. The van der Waals surface area contributed by atoms with Gasteiger partial charge in [-0.3, -0.25) is 0 Å². The summed E-state index contributed by atoms with van der Waals surface area (Å²) in [6.07, 6.45) is 5.61. The molecule has 0 unspecified atom stereocenters. The van der Waals surface area contributed by atoms with Crippen LogP contribution in [0.15, 0.2) is 0 Å². The van der Waals surface area contributed by atoms with E-state index in [1.165, 1.54) is 38.8 Å². The van der Waals surface area contributed by atoms with Gasteiger partial charge in [0.05, 0.1) is 6.10 Å². The number of likely N-dealkylation sites (tertiary alicyclic amines) is 1. The molecule has 1 aliphatic carbocycles. The Morgan fingerprint density at radius 1 is 1.20 bits per heavy atom. The van der Waals surface area contributed by atoms with Crippen LogP contribution in [0.5, 0.6) is 0 Å². The standard InChI is InChI=1S/C12H24N2O/c1-3-15-12-8-11(9-12)13-10-4-6-14(2)7-5-10/h10-13H,3-9H2,1-2H3. The van der Waals surface area contributed by atoms with Crippen LogP contribution in [0.3, 0.4) is 0 Å². The zero-order chi connectivity index (χ0) is 10.7. The van der Waals surface area contributed by atoms with Gasteiger partial charge >= 0.3 is 0 Å². The Kier molecular flexibility index (Phi) is 4.00. The lowest BCUT2D eigenvalue weighted by atomic mass is 9.87. The number of piperidine rings is 1. The molecule has 1 N–H and O–H groups in total. The molecule has 0 bridgehead atoms. The first-order valence-electron chi connectivity index (χ1n) is 6.34. The fraction of sp³-hybridized carbons (Fsp3) is 1.00. The van der Waals surface area contributed by atoms with Crippen molar-refractivity contribution in [2.45, 2.75) is 50.8 Å². The highest BCUT2D eigenvalue weighted by atomic mass is 16.5. The van der Waals surface area contributed by atoms with Crippen LogP contribution in [-0.2, 0) is 4.74 Å². The van der Waals surface area contributed by atoms with E-state index >= 15 is 0 Å². The Morgan fingerprint density at radius 2 is 1.87 bits per heavy atom. The van der Waals surface area contributed by atoms with Crippen LogP contribution in [0, 0.1) is 0 Å². The molecule has 1 heterocycles. The van der Waals surface area contributed by atoms with E-state index < -0.39 is 0 Å². The SMILES string of the molecule is CCOC1CC(NC2CCN(C)CC2)C1. The second-order valence-electron chi connectivity index (χ2n) is 4.99. The molecule has 0 aromatic rings. The van der Waals surface area contributed by atoms with Crippen LogP contribution in [0.2, 0.25) is 0 Å². The number of hydrogen-bond acceptors (Lipinski definition) is 3. The molecule has 2 rings (SSSR count). The molecule has 0 amide bonds. The topological polar surface area (TPSA) is 24.5 Å². The van der Waals surface area contributed by atoms with Gasteiger partial charge in [-0.25, -0.2) is 0 Å². The summed E-state index contributed by atoms with van der Waals surface area (Å²) >= 11 is 0. The van der Waals surface area contributed by atoms with Gasteiger partial charge in [-0.1, -0.05) is 0 Å². The molecule has 3 nitrogen and oxygen atoms in total. The minimum Gasteiger partial charge on any atom is -0.378 e. The highest BCUT2D eigenvalue weighted by Crippen LogP contribution is 2.24. The van der Waals surface area contributed by atoms with Crippen molar-refractivity contribution in [2.75, 3.05) is 26.7 Å². The monoisotopic (exact) mass is 212 g/mol. The summed E-state index contributed by atoms with van der Waals surface area (Å²) in [6.45, 7) is 5.45. The van der Waals surface area contributed by atoms with Gasteiger partial charge in [-0.15, -0.1) is 0 Å². The first-order valence-corrected chi connectivity index (χ1v) is 6.34. The van der Waals surface area contributed by atoms with E-state index in [1.54, 1.807) is 0 Å². The van der Waals surface area contributed by atoms with Crippen LogP contribution >= 0.6 is 0 Å². The predicted molar refractivity (Wildman–Crippen MR) is 62.1 cm³/mol. The summed E-state index contributed by atoms with van der Waals surface area (Å²) in [7, 11) is 2.21. The van der Waals surface area contributed by atoms with Gasteiger partial charge in [0.2, 0.25) is 0 Å². The maximum absolute atomic E-state index is 5.57. The van der Waals surface area contributed by atoms with Crippen molar-refractivity contribution in [3.63, 3.8) is 0 Å². The lowest BCUT2D eigenvalue weighted by molar-refractivity contribution is -0.0140. The summed E-state index contributed by atoms with van der Waals surface area (Å²) in [6, 6.07) is 1.49. The summed E-state index contributed by atoms with van der Waals surface area (Å²) in [5, 5.41) is 3.76. The molecule has 2 aliphatic rings. The molecule has 0 aromatic heterocycles. The molecule has 1 saturated carbocycles. The van der Waals surface area contributed by atoms with E-state index in [0.717, 1.165) is 18.7 Å². The number of ether oxygens (including phenoxy) is 1. The fourth-order valence-corrected chi connectivity index (χ4v) is 2.58. The van der Waals surface area contributed by atoms with E-state index in [0.29, 0.717) is 6.10 Å². The Morgan fingerprint density at radius 3 is 2.47 bits per heavy atom. The van der Waals surface area contributed by atoms with E-state index in [4.69, 9.17) is 4.74 Å². The number of hydrogen-bond donors (Lipinski definition) is 1. The molecule has 15 heavy (non-hydrogen) atoms. The van der Waals surface area contributed by atoms with E-state index in [2.05, 4.69) is 24.2 Å². The lowest BCUT2D eigenvalue weighted by Crippen LogP contribution is -2.52. The quantitative estimate of drug-likeness (QED) is 0.759. The van der Waals surface area contributed by atoms with Crippen molar-refractivity contribution in [1.82, 2.24) is 10.2 Å². The molecule has 88 valence electrons. The second-order valence-corrected chi connectivity index (χ2v) is 4.99. The lowest BCUT2D eigenvalue weighted by Gasteiger charge is -2.40. The summed E-state index contributed by atoms with van der Waals surface area (Å²) in [5.41, 5.74) is 0. The highest BCUT2D eigenvalue weighted by Gasteiger charge is 2.31. The van der Waals surface area contributed by atoms with Gasteiger partial charge in [0.1, 0.15) is 0 Å². The van der Waals surface area contributed by atoms with Crippen molar-refractivity contribution < 1.29 is 4.74 Å². The van der Waals surface area contributed by atoms with Gasteiger partial charge in [0, 0.05) is 18.7 Å². The minimum absolute atomic E-state index is 0.541. The van der Waals surface area contributed by atoms with Crippen LogP contribution in [0.4, 0.5) is 0 Å². The maximum atomic E-state index is 5.57. The van der Waals surface area contributed by atoms with Crippen LogP contribution in [0.25, 0.3) is 0 Å². The Bertz CT molecular complexity index is 184. The van der Waals surface area contributed by atoms with Crippen LogP contribution < -0.4 is 5.32 Å². The maximum Gasteiger partial charge on any atom is 0.0604 e. The fourth-order valence-electron chi connectivity index (χ4n) is 2.58. The zero-order valence-corrected chi connectivity index (χ0v) is 10.0. The molecular formula is C12H24N2O. The normalized spacial score (nSPS) is 34.0. The molecular weight excluding hydrogens is 188 g/mol. The van der Waals surface area contributed by atoms with Crippen molar-refractivity contribution in [2.24, 2.45) is 0 Å². The van der Waals surface area contributed by atoms with Gasteiger partial charge in [0.25, 0.3) is 0 Å². The van der Waals surface area contributed by atoms with Gasteiger partial charge in [-0.2, -0.15) is 0 Å².